The molecule has 1 unspecified atom stereocenters. The number of allylic oxidation sites excluding steroid dienone is 1. The first kappa shape index (κ1) is 20.8. The minimum atomic E-state index is -1.07. The molecule has 32 heavy (non-hydrogen) atoms. The molecule has 2 fully saturated rings. The number of nitrogens with zero attached hydrogens (tertiary/aromatic N) is 3. The van der Waals surface area contributed by atoms with E-state index in [-0.39, 0.29) is 35.4 Å². The van der Waals surface area contributed by atoms with Crippen LogP contribution in [0.1, 0.15) is 38.2 Å². The highest BCUT2D eigenvalue weighted by atomic mass is 19.1. The van der Waals surface area contributed by atoms with Crippen LogP contribution in [-0.4, -0.2) is 51.7 Å². The second-order valence-corrected chi connectivity index (χ2v) is 8.72. The Balaban J connectivity index is 1.30. The third-order valence-corrected chi connectivity index (χ3v) is 6.42. The van der Waals surface area contributed by atoms with Crippen molar-refractivity contribution in [3.8, 4) is 22.9 Å². The number of benzene rings is 1. The quantitative estimate of drug-likeness (QED) is 0.762. The van der Waals surface area contributed by atoms with E-state index in [0.717, 1.165) is 19.3 Å². The van der Waals surface area contributed by atoms with Crippen LogP contribution >= 0.6 is 0 Å². The van der Waals surface area contributed by atoms with Crippen LogP contribution < -0.4 is 10.1 Å². The first-order valence-corrected chi connectivity index (χ1v) is 11.0. The first-order valence-electron chi connectivity index (χ1n) is 11.0. The summed E-state index contributed by atoms with van der Waals surface area (Å²) in [5.41, 5.74) is 2.11. The molecule has 1 aromatic carbocycles. The van der Waals surface area contributed by atoms with E-state index in [1.807, 2.05) is 0 Å². The maximum Gasteiger partial charge on any atom is 0.233 e. The van der Waals surface area contributed by atoms with Crippen LogP contribution in [0.2, 0.25) is 0 Å². The van der Waals surface area contributed by atoms with Crippen LogP contribution in [0.3, 0.4) is 0 Å². The Hall–Kier alpha value is -3.13. The number of hydrogen-bond donors (Lipinski definition) is 2. The monoisotopic (exact) mass is 436 g/mol. The average Bonchev–Trinajstić information content (AvgIpc) is 2.80. The number of hydrogen-bond acceptors (Lipinski definition) is 7. The highest BCUT2D eigenvalue weighted by Crippen LogP contribution is 2.33. The molecule has 1 aromatic heterocycles. The van der Waals surface area contributed by atoms with Gasteiger partial charge in [-0.3, -0.25) is 9.79 Å². The van der Waals surface area contributed by atoms with Crippen molar-refractivity contribution in [3.63, 3.8) is 0 Å². The van der Waals surface area contributed by atoms with Crippen molar-refractivity contribution in [2.75, 3.05) is 0 Å². The number of phenols is 1. The van der Waals surface area contributed by atoms with Crippen molar-refractivity contribution in [3.05, 3.63) is 42.0 Å². The number of rotatable bonds is 4. The van der Waals surface area contributed by atoms with Crippen LogP contribution in [0.5, 0.6) is 11.6 Å². The zero-order valence-corrected chi connectivity index (χ0v) is 17.7. The van der Waals surface area contributed by atoms with Gasteiger partial charge in [0.2, 0.25) is 5.88 Å². The molecule has 2 bridgehead atoms. The van der Waals surface area contributed by atoms with Gasteiger partial charge >= 0.3 is 0 Å². The maximum absolute atomic E-state index is 14.7. The lowest BCUT2D eigenvalue weighted by atomic mass is 9.84. The number of ether oxygens (including phenoxy) is 1. The summed E-state index contributed by atoms with van der Waals surface area (Å²) in [4.78, 5) is 16.2. The Bertz CT molecular complexity index is 1090. The fraction of sp³-hybridized carbons (Fsp3) is 0.417. The van der Waals surface area contributed by atoms with Gasteiger partial charge in [-0.1, -0.05) is 19.4 Å². The van der Waals surface area contributed by atoms with Crippen LogP contribution in [0, 0.1) is 5.92 Å². The Morgan fingerprint density at radius 2 is 2.06 bits per heavy atom. The van der Waals surface area contributed by atoms with E-state index in [9.17, 15) is 14.3 Å². The number of phenolic OH excluding ortho intramolecular Hbond substituents is 1. The predicted molar refractivity (Wildman–Crippen MR) is 118 cm³/mol. The summed E-state index contributed by atoms with van der Waals surface area (Å²) in [7, 11) is 0. The fourth-order valence-corrected chi connectivity index (χ4v) is 4.59. The van der Waals surface area contributed by atoms with Gasteiger partial charge < -0.3 is 15.2 Å². The van der Waals surface area contributed by atoms with E-state index in [4.69, 9.17) is 4.74 Å². The third kappa shape index (κ3) is 4.02. The van der Waals surface area contributed by atoms with Gasteiger partial charge in [-0.15, -0.1) is 10.2 Å². The van der Waals surface area contributed by atoms with Crippen LogP contribution in [0.4, 0.5) is 4.39 Å². The van der Waals surface area contributed by atoms with Crippen LogP contribution in [-0.2, 0) is 4.79 Å². The van der Waals surface area contributed by atoms with E-state index >= 15 is 0 Å². The lowest BCUT2D eigenvalue weighted by molar-refractivity contribution is -0.115. The van der Waals surface area contributed by atoms with Gasteiger partial charge in [0.1, 0.15) is 11.9 Å². The Morgan fingerprint density at radius 1 is 1.19 bits per heavy atom. The molecular formula is C24H25FN4O3. The molecule has 5 rings (SSSR count). The molecule has 0 spiro atoms. The number of aromatic hydroxyl groups is 1. The number of fused-ring (bicyclic) bond motifs is 2. The zero-order valence-electron chi connectivity index (χ0n) is 17.7. The largest absolute Gasteiger partial charge is 0.507 e. The molecule has 0 amide bonds. The maximum atomic E-state index is 14.7. The van der Waals surface area contributed by atoms with Crippen LogP contribution in [0.25, 0.3) is 17.0 Å². The molecule has 5 atom stereocenters. The normalized spacial score (nSPS) is 29.5. The highest BCUT2D eigenvalue weighted by Gasteiger charge is 2.41. The molecule has 3 aliphatic rings. The summed E-state index contributed by atoms with van der Waals surface area (Å²) in [5, 5.41) is 22.1. The smallest absolute Gasteiger partial charge is 0.233 e. The van der Waals surface area contributed by atoms with Crippen molar-refractivity contribution in [1.29, 1.82) is 0 Å². The van der Waals surface area contributed by atoms with Gasteiger partial charge in [-0.25, -0.2) is 4.39 Å². The molecule has 4 heterocycles. The second kappa shape index (κ2) is 8.43. The average molecular weight is 436 g/mol. The Labute approximate surface area is 185 Å². The summed E-state index contributed by atoms with van der Waals surface area (Å²) in [6, 6.07) is 8.50. The van der Waals surface area contributed by atoms with Crippen molar-refractivity contribution < 1.29 is 19.0 Å². The molecule has 0 saturated carbocycles. The van der Waals surface area contributed by atoms with Gasteiger partial charge in [0.05, 0.1) is 17.3 Å². The minimum absolute atomic E-state index is 0.00245. The van der Waals surface area contributed by atoms with E-state index < -0.39 is 12.3 Å². The molecule has 2 aromatic rings. The number of carbonyl (C=O) groups is 1. The molecule has 0 aliphatic carbocycles. The summed E-state index contributed by atoms with van der Waals surface area (Å²) < 4.78 is 20.6. The van der Waals surface area contributed by atoms with Crippen molar-refractivity contribution in [1.82, 2.24) is 15.5 Å². The van der Waals surface area contributed by atoms with Gasteiger partial charge in [-0.05, 0) is 31.0 Å². The van der Waals surface area contributed by atoms with Gasteiger partial charge in [0.25, 0.3) is 0 Å². The van der Waals surface area contributed by atoms with E-state index in [0.29, 0.717) is 28.9 Å². The highest BCUT2D eigenvalue weighted by molar-refractivity contribution is 6.09. The molecular weight excluding hydrogens is 411 g/mol. The van der Waals surface area contributed by atoms with Crippen molar-refractivity contribution in [2.45, 2.75) is 57.0 Å². The predicted octanol–water partition coefficient (Wildman–Crippen LogP) is 3.48. The molecule has 3 aliphatic heterocycles. The standard InChI is InChI=1S/C24H25FN4O3/c1-13-12-26-19(11-20(13)30)14-5-6-16(21(31)9-14)17-7-8-23(29-28-17)32-22-10-15-3-2-4-18(27-15)24(22)25/h5-9,11-13,15,18,22,24,27,31H,2-4,10H2,1H3/t13?,15-,18+,22-,24+/m0/s1. The number of piperidine rings is 2. The second-order valence-electron chi connectivity index (χ2n) is 8.72. The topological polar surface area (TPSA) is 96.7 Å². The summed E-state index contributed by atoms with van der Waals surface area (Å²) >= 11 is 0. The molecule has 166 valence electrons. The number of ketones is 1. The number of carbonyl (C=O) groups excluding carboxylic acids is 1. The number of halogens is 1. The first-order chi connectivity index (χ1) is 15.5. The lowest BCUT2D eigenvalue weighted by Gasteiger charge is -2.42. The van der Waals surface area contributed by atoms with E-state index in [1.165, 1.54) is 6.08 Å². The lowest BCUT2D eigenvalue weighted by Crippen LogP contribution is -2.59. The summed E-state index contributed by atoms with van der Waals surface area (Å²) in [6.45, 7) is 1.79. The SMILES string of the molecule is CC1C=NC(c2ccc(-c3ccc(O[C@H]4C[C@@H]5CCC[C@@H](N5)[C@H]4F)nn3)c(O)c2)=CC1=O. The van der Waals surface area contributed by atoms with Gasteiger partial charge in [0.15, 0.2) is 12.0 Å². The van der Waals surface area contributed by atoms with E-state index in [1.54, 1.807) is 43.5 Å². The molecule has 7 nitrogen and oxygen atoms in total. The zero-order chi connectivity index (χ0) is 22.2. The number of aliphatic imine (C=N–C) groups is 1. The van der Waals surface area contributed by atoms with Crippen molar-refractivity contribution in [2.24, 2.45) is 10.9 Å². The summed E-state index contributed by atoms with van der Waals surface area (Å²) in [6.07, 6.45) is 5.01. The number of aromatic nitrogens is 2. The third-order valence-electron chi connectivity index (χ3n) is 6.42. The van der Waals surface area contributed by atoms with Crippen LogP contribution in [0.15, 0.2) is 41.4 Å². The minimum Gasteiger partial charge on any atom is -0.507 e. The Kier molecular flexibility index (Phi) is 5.46. The van der Waals surface area contributed by atoms with Gasteiger partial charge in [0, 0.05) is 48.0 Å². The molecule has 0 radical (unpaired) electrons. The molecule has 8 heteroatoms. The van der Waals surface area contributed by atoms with Gasteiger partial charge in [-0.2, -0.15) is 0 Å². The summed E-state index contributed by atoms with van der Waals surface area (Å²) in [5.74, 6) is 0.0159. The molecule has 2 saturated heterocycles. The number of alkyl halides is 1. The van der Waals surface area contributed by atoms with Crippen molar-refractivity contribution >= 4 is 17.7 Å². The number of nitrogens with one attached hydrogen (secondary N) is 1. The Morgan fingerprint density at radius 3 is 2.81 bits per heavy atom. The molecule has 2 N–H and O–H groups in total. The fourth-order valence-electron chi connectivity index (χ4n) is 4.59. The van der Waals surface area contributed by atoms with E-state index in [2.05, 4.69) is 20.5 Å².